The van der Waals surface area contributed by atoms with Gasteiger partial charge >= 0.3 is 5.97 Å². The van der Waals surface area contributed by atoms with Gasteiger partial charge in [0.1, 0.15) is 0 Å². The number of hydrogen-bond donors (Lipinski definition) is 1. The zero-order valence-electron chi connectivity index (χ0n) is 13.7. The van der Waals surface area contributed by atoms with Crippen LogP contribution in [0.5, 0.6) is 11.5 Å². The molecular formula is C17H17NO6S. The number of carbonyl (C=O) groups excluding carboxylic acids is 2. The van der Waals surface area contributed by atoms with Crippen LogP contribution in [0.3, 0.4) is 0 Å². The smallest absolute Gasteiger partial charge is 0.344 e. The number of ether oxygens (including phenoxy) is 2. The van der Waals surface area contributed by atoms with Crippen LogP contribution in [0.1, 0.15) is 12.5 Å². The molecule has 1 aliphatic rings. The Morgan fingerprint density at radius 3 is 2.72 bits per heavy atom. The third-order valence-electron chi connectivity index (χ3n) is 3.32. The van der Waals surface area contributed by atoms with E-state index < -0.39 is 12.1 Å². The molecule has 0 bridgehead atoms. The number of nitrogens with zero attached hydrogens (tertiary/aromatic N) is 1. The molecule has 1 N–H and O–H groups in total. The van der Waals surface area contributed by atoms with Gasteiger partial charge in [-0.05, 0) is 42.5 Å². The number of carboxylic acids is 1. The highest BCUT2D eigenvalue weighted by atomic mass is 32.2. The summed E-state index contributed by atoms with van der Waals surface area (Å²) in [5, 5.41) is 8.57. The van der Waals surface area contributed by atoms with Gasteiger partial charge in [0, 0.05) is 6.54 Å². The average molecular weight is 363 g/mol. The highest BCUT2D eigenvalue weighted by molar-refractivity contribution is 8.18. The van der Waals surface area contributed by atoms with E-state index in [1.165, 1.54) is 20.1 Å². The molecule has 1 atom stereocenters. The van der Waals surface area contributed by atoms with E-state index in [-0.39, 0.29) is 23.4 Å². The Labute approximate surface area is 148 Å². The maximum absolute atomic E-state index is 12.2. The number of hydrogen-bond acceptors (Lipinski definition) is 6. The largest absolute Gasteiger partial charge is 0.493 e. The molecule has 0 aliphatic carbocycles. The second kappa shape index (κ2) is 7.89. The molecule has 1 saturated heterocycles. The lowest BCUT2D eigenvalue weighted by Crippen LogP contribution is -2.27. The van der Waals surface area contributed by atoms with E-state index in [2.05, 4.69) is 6.58 Å². The summed E-state index contributed by atoms with van der Waals surface area (Å²) in [5.74, 6) is -0.878. The van der Waals surface area contributed by atoms with E-state index >= 15 is 0 Å². The number of methoxy groups -OCH3 is 1. The predicted octanol–water partition coefficient (Wildman–Crippen LogP) is 2.77. The Morgan fingerprint density at radius 1 is 1.40 bits per heavy atom. The molecule has 1 aliphatic heterocycles. The Bertz CT molecular complexity index is 758. The number of carbonyl (C=O) groups is 3. The highest BCUT2D eigenvalue weighted by Gasteiger charge is 2.34. The van der Waals surface area contributed by atoms with E-state index in [1.54, 1.807) is 24.3 Å². The molecule has 0 radical (unpaired) electrons. The van der Waals surface area contributed by atoms with Crippen LogP contribution in [-0.4, -0.2) is 46.9 Å². The molecule has 1 fully saturated rings. The molecule has 1 aromatic rings. The van der Waals surface area contributed by atoms with Crippen molar-refractivity contribution in [2.45, 2.75) is 13.0 Å². The van der Waals surface area contributed by atoms with Crippen molar-refractivity contribution in [1.29, 1.82) is 0 Å². The Balaban J connectivity index is 2.26. The number of rotatable bonds is 7. The first-order valence-corrected chi connectivity index (χ1v) is 8.12. The minimum atomic E-state index is -1.10. The maximum Gasteiger partial charge on any atom is 0.344 e. The van der Waals surface area contributed by atoms with Crippen molar-refractivity contribution in [2.24, 2.45) is 0 Å². The summed E-state index contributed by atoms with van der Waals surface area (Å²) < 4.78 is 10.5. The van der Waals surface area contributed by atoms with Crippen molar-refractivity contribution in [3.05, 3.63) is 41.3 Å². The Kier molecular flexibility index (Phi) is 5.87. The van der Waals surface area contributed by atoms with Crippen LogP contribution >= 0.6 is 11.8 Å². The molecule has 0 aromatic heterocycles. The van der Waals surface area contributed by atoms with Gasteiger partial charge < -0.3 is 14.6 Å². The van der Waals surface area contributed by atoms with Gasteiger partial charge in [0.15, 0.2) is 17.6 Å². The summed E-state index contributed by atoms with van der Waals surface area (Å²) in [4.78, 5) is 36.3. The monoisotopic (exact) mass is 363 g/mol. The van der Waals surface area contributed by atoms with Crippen molar-refractivity contribution in [3.8, 4) is 11.5 Å². The third kappa shape index (κ3) is 4.21. The minimum Gasteiger partial charge on any atom is -0.493 e. The summed E-state index contributed by atoms with van der Waals surface area (Å²) >= 11 is 0.850. The van der Waals surface area contributed by atoms with Crippen LogP contribution in [-0.2, 0) is 9.59 Å². The maximum atomic E-state index is 12.2. The second-order valence-electron chi connectivity index (χ2n) is 5.09. The quantitative estimate of drug-likeness (QED) is 0.588. The van der Waals surface area contributed by atoms with Crippen molar-refractivity contribution in [2.75, 3.05) is 13.7 Å². The Hall–Kier alpha value is -2.74. The highest BCUT2D eigenvalue weighted by Crippen LogP contribution is 2.34. The second-order valence-corrected chi connectivity index (χ2v) is 6.08. The van der Waals surface area contributed by atoms with Crippen molar-refractivity contribution in [1.82, 2.24) is 4.90 Å². The zero-order chi connectivity index (χ0) is 18.6. The minimum absolute atomic E-state index is 0.158. The van der Waals surface area contributed by atoms with Crippen LogP contribution in [0.4, 0.5) is 4.79 Å². The summed E-state index contributed by atoms with van der Waals surface area (Å²) in [7, 11) is 1.43. The molecule has 0 unspecified atom stereocenters. The summed E-state index contributed by atoms with van der Waals surface area (Å²) in [6.45, 7) is 5.09. The number of amides is 2. The molecule has 2 amide bonds. The van der Waals surface area contributed by atoms with Gasteiger partial charge in [-0.3, -0.25) is 14.5 Å². The fourth-order valence-electron chi connectivity index (χ4n) is 2.05. The van der Waals surface area contributed by atoms with Crippen LogP contribution in [0.15, 0.2) is 35.8 Å². The number of aliphatic carboxylic acids is 1. The lowest BCUT2D eigenvalue weighted by Gasteiger charge is -2.14. The van der Waals surface area contributed by atoms with E-state index in [1.807, 2.05) is 0 Å². The van der Waals surface area contributed by atoms with Crippen LogP contribution < -0.4 is 9.47 Å². The average Bonchev–Trinajstić information content (AvgIpc) is 2.83. The van der Waals surface area contributed by atoms with Gasteiger partial charge in [-0.25, -0.2) is 4.79 Å². The van der Waals surface area contributed by atoms with E-state index in [0.29, 0.717) is 16.2 Å². The molecular weight excluding hydrogens is 346 g/mol. The molecule has 132 valence electrons. The van der Waals surface area contributed by atoms with Gasteiger partial charge in [0.2, 0.25) is 0 Å². The van der Waals surface area contributed by atoms with Crippen molar-refractivity contribution < 1.29 is 29.0 Å². The topological polar surface area (TPSA) is 93.1 Å². The van der Waals surface area contributed by atoms with E-state index in [0.717, 1.165) is 16.7 Å². The number of imide groups is 1. The lowest BCUT2D eigenvalue weighted by atomic mass is 10.2. The molecule has 8 heteroatoms. The van der Waals surface area contributed by atoms with Crippen molar-refractivity contribution in [3.63, 3.8) is 0 Å². The number of thioether (sulfide) groups is 1. The number of carboxylic acid groups (broad SMARTS) is 1. The first kappa shape index (κ1) is 18.6. The summed E-state index contributed by atoms with van der Waals surface area (Å²) in [6.07, 6.45) is 2.02. The lowest BCUT2D eigenvalue weighted by molar-refractivity contribution is -0.144. The van der Waals surface area contributed by atoms with Gasteiger partial charge in [-0.2, -0.15) is 0 Å². The van der Waals surface area contributed by atoms with E-state index in [4.69, 9.17) is 14.6 Å². The van der Waals surface area contributed by atoms with Gasteiger partial charge in [0.05, 0.1) is 12.0 Å². The predicted molar refractivity (Wildman–Crippen MR) is 93.6 cm³/mol. The molecule has 1 heterocycles. The van der Waals surface area contributed by atoms with E-state index in [9.17, 15) is 14.4 Å². The van der Waals surface area contributed by atoms with Crippen LogP contribution in [0, 0.1) is 0 Å². The molecule has 1 aromatic carbocycles. The first-order chi connectivity index (χ1) is 11.9. The van der Waals surface area contributed by atoms with Gasteiger partial charge in [-0.15, -0.1) is 6.58 Å². The molecule has 25 heavy (non-hydrogen) atoms. The van der Waals surface area contributed by atoms with Gasteiger partial charge in [0.25, 0.3) is 11.1 Å². The zero-order valence-corrected chi connectivity index (χ0v) is 14.5. The fourth-order valence-corrected chi connectivity index (χ4v) is 2.90. The summed E-state index contributed by atoms with van der Waals surface area (Å²) in [5.41, 5.74) is 0.622. The fraction of sp³-hybridized carbons (Fsp3) is 0.235. The Morgan fingerprint density at radius 2 is 2.12 bits per heavy atom. The summed E-state index contributed by atoms with van der Waals surface area (Å²) in [6, 6.07) is 4.80. The van der Waals surface area contributed by atoms with Crippen LogP contribution in [0.2, 0.25) is 0 Å². The molecule has 0 saturated carbocycles. The standard InChI is InChI=1S/C17H17NO6S/c1-4-7-18-15(19)14(25-17(18)22)9-11-5-6-12(13(8-11)23-3)24-10(2)16(20)21/h4-6,8-10H,1,7H2,2-3H3,(H,20,21)/b14-9+/t10-/m1/s1. The van der Waals surface area contributed by atoms with Crippen molar-refractivity contribution >= 4 is 35.0 Å². The molecule has 7 nitrogen and oxygen atoms in total. The normalized spacial score (nSPS) is 16.9. The first-order valence-electron chi connectivity index (χ1n) is 7.31. The van der Waals surface area contributed by atoms with Crippen LogP contribution in [0.25, 0.3) is 6.08 Å². The van der Waals surface area contributed by atoms with Gasteiger partial charge in [-0.1, -0.05) is 12.1 Å². The third-order valence-corrected chi connectivity index (χ3v) is 4.23. The molecule has 2 rings (SSSR count). The SMILES string of the molecule is C=CCN1C(=O)S/C(=C/c2ccc(O[C@H](C)C(=O)O)c(OC)c2)C1=O. The number of benzene rings is 1. The molecule has 0 spiro atoms.